The molecule has 0 aliphatic carbocycles. The van der Waals surface area contributed by atoms with Crippen LogP contribution in [0.15, 0.2) is 105 Å². The number of esters is 1. The highest BCUT2D eigenvalue weighted by Crippen LogP contribution is 2.71. The second-order valence-electron chi connectivity index (χ2n) is 8.13. The molecule has 0 aliphatic heterocycles. The molecule has 0 N–H and O–H groups in total. The van der Waals surface area contributed by atoms with Crippen LogP contribution in [-0.2, 0) is 13.8 Å². The summed E-state index contributed by atoms with van der Waals surface area (Å²) in [6.45, 7) is 6.87. The molecular formula is C28H26Br2Cl2F2NO4P5S. The number of halogens is 6. The quantitative estimate of drug-likeness (QED) is 0.0866. The van der Waals surface area contributed by atoms with Gasteiger partial charge in [0, 0.05) is 35.8 Å². The van der Waals surface area contributed by atoms with Crippen LogP contribution in [0, 0.1) is 6.57 Å². The van der Waals surface area contributed by atoms with Crippen LogP contribution in [-0.4, -0.2) is 21.5 Å². The van der Waals surface area contributed by atoms with E-state index in [9.17, 15) is 22.0 Å². The molecule has 4 rings (SSSR count). The molecule has 0 fully saturated rings. The van der Waals surface area contributed by atoms with Crippen LogP contribution in [0.5, 0.6) is 0 Å². The summed E-state index contributed by atoms with van der Waals surface area (Å²) in [7, 11) is 11.7. The zero-order valence-electron chi connectivity index (χ0n) is 23.2. The number of benzene rings is 4. The Morgan fingerprint density at radius 1 is 0.978 bits per heavy atom. The van der Waals surface area contributed by atoms with Crippen molar-refractivity contribution in [2.24, 2.45) is 0 Å². The second kappa shape index (κ2) is 22.1. The standard InChI is InChI=1S/C14H10BrClO2.C7H4BrN.C7H5ClF2O2S.H7P5/c1-18-14(17)10-5-6-12(13(16)8-10)9-3-2-4-11(15)7-9;1-9-7-4-2-3-6(8)5-7;8-13(11,12)6-3-1-5(2-4-6)7(9)10;1-4-5(2)3/h2-8H,1H3;2-5H;1-4,7H;4H,1-3H2. The van der Waals surface area contributed by atoms with Gasteiger partial charge in [-0.15, -0.1) is 26.8 Å². The third-order valence-electron chi connectivity index (χ3n) is 5.03. The Morgan fingerprint density at radius 3 is 1.93 bits per heavy atom. The first kappa shape index (κ1) is 42.4. The number of methoxy groups -OCH3 is 1. The van der Waals surface area contributed by atoms with Crippen molar-refractivity contribution in [2.45, 2.75) is 11.3 Å². The van der Waals surface area contributed by atoms with E-state index < -0.39 is 21.4 Å². The molecule has 0 heterocycles. The highest BCUT2D eigenvalue weighted by Gasteiger charge is 2.12. The molecule has 0 saturated heterocycles. The van der Waals surface area contributed by atoms with Crippen molar-refractivity contribution in [1.29, 1.82) is 0 Å². The van der Waals surface area contributed by atoms with Crippen LogP contribution in [0.25, 0.3) is 16.0 Å². The summed E-state index contributed by atoms with van der Waals surface area (Å²) in [5, 5.41) is 0.524. The molecule has 45 heavy (non-hydrogen) atoms. The molecule has 5 nitrogen and oxygen atoms in total. The minimum atomic E-state index is -3.82. The lowest BCUT2D eigenvalue weighted by Crippen LogP contribution is -2.00. The molecule has 0 aliphatic rings. The first-order chi connectivity index (χ1) is 21.1. The number of ether oxygens (including phenoxy) is 1. The van der Waals surface area contributed by atoms with Gasteiger partial charge >= 0.3 is 5.97 Å². The molecule has 0 bridgehead atoms. The fourth-order valence-corrected chi connectivity index (χ4v) is 4.82. The van der Waals surface area contributed by atoms with E-state index in [1.807, 2.05) is 42.5 Å². The molecule has 0 amide bonds. The number of carbonyl (C=O) groups is 1. The van der Waals surface area contributed by atoms with Crippen molar-refractivity contribution < 1.29 is 26.7 Å². The van der Waals surface area contributed by atoms with E-state index in [1.54, 1.807) is 24.3 Å². The van der Waals surface area contributed by atoms with E-state index in [-0.39, 0.29) is 17.4 Å². The zero-order valence-corrected chi connectivity index (χ0v) is 34.0. The molecule has 4 unspecified atom stereocenters. The first-order valence-corrected chi connectivity index (χ1v) is 24.5. The number of alkyl halides is 2. The third kappa shape index (κ3) is 16.8. The van der Waals surface area contributed by atoms with Gasteiger partial charge in [0.05, 0.1) is 24.1 Å². The SMILES string of the molecule is COC(=O)c1ccc(-c2cccc(Br)c2)c(Cl)c1.O=S(=O)(Cl)c1ccc(C(F)F)cc1.PPP(P)P.[C-]#[N+]c1cccc(Br)c1. The van der Waals surface area contributed by atoms with Crippen LogP contribution < -0.4 is 0 Å². The predicted octanol–water partition coefficient (Wildman–Crippen LogP) is 12.5. The summed E-state index contributed by atoms with van der Waals surface area (Å²) in [6, 6.07) is 24.4. The fraction of sp³-hybridized carbons (Fsp3) is 0.0714. The summed E-state index contributed by atoms with van der Waals surface area (Å²) in [6.07, 6.45) is -2.60. The number of nitrogens with zero attached hydrogens (tertiary/aromatic N) is 1. The van der Waals surface area contributed by atoms with Gasteiger partial charge in [0.1, 0.15) is 0 Å². The molecule has 17 heteroatoms. The van der Waals surface area contributed by atoms with Crippen molar-refractivity contribution in [1.82, 2.24) is 0 Å². The van der Waals surface area contributed by atoms with Gasteiger partial charge in [-0.05, 0) is 55.0 Å². The summed E-state index contributed by atoms with van der Waals surface area (Å²) in [4.78, 5) is 14.4. The van der Waals surface area contributed by atoms with Gasteiger partial charge in [0.2, 0.25) is 0 Å². The van der Waals surface area contributed by atoms with E-state index in [0.717, 1.165) is 52.3 Å². The Bertz CT molecular complexity index is 1700. The maximum atomic E-state index is 12.0. The van der Waals surface area contributed by atoms with Crippen molar-refractivity contribution >= 4 is 117 Å². The Hall–Kier alpha value is -0.660. The van der Waals surface area contributed by atoms with Crippen molar-refractivity contribution in [3.05, 3.63) is 128 Å². The summed E-state index contributed by atoms with van der Waals surface area (Å²) >= 11 is 12.9. The van der Waals surface area contributed by atoms with Crippen molar-refractivity contribution in [2.75, 3.05) is 7.11 Å². The van der Waals surface area contributed by atoms with Crippen LogP contribution >= 0.6 is 95.9 Å². The average Bonchev–Trinajstić information content (AvgIpc) is 3.01. The molecule has 0 aromatic heterocycles. The fourth-order valence-electron chi connectivity index (χ4n) is 2.97. The van der Waals surface area contributed by atoms with E-state index in [1.165, 1.54) is 7.11 Å². The van der Waals surface area contributed by atoms with Crippen LogP contribution in [0.1, 0.15) is 22.3 Å². The second-order valence-corrected chi connectivity index (χ2v) is 26.9. The van der Waals surface area contributed by atoms with Gasteiger partial charge in [-0.25, -0.2) is 26.8 Å². The van der Waals surface area contributed by atoms with Gasteiger partial charge < -0.3 is 4.74 Å². The molecule has 4 atom stereocenters. The molecule has 4 aromatic rings. The number of carbonyl (C=O) groups excluding carboxylic acids is 1. The predicted molar refractivity (Wildman–Crippen MR) is 205 cm³/mol. The molecular weight excluding hydrogens is 870 g/mol. The number of hydrogen-bond donors (Lipinski definition) is 0. The van der Waals surface area contributed by atoms with E-state index in [2.05, 4.69) is 68.2 Å². The smallest absolute Gasteiger partial charge is 0.337 e. The Labute approximate surface area is 298 Å². The number of rotatable bonds is 5. The zero-order chi connectivity index (χ0) is 34.2. The average molecular weight is 896 g/mol. The van der Waals surface area contributed by atoms with Gasteiger partial charge in [-0.3, -0.25) is 0 Å². The molecule has 0 spiro atoms. The maximum Gasteiger partial charge on any atom is 0.337 e. The normalized spacial score (nSPS) is 10.6. The van der Waals surface area contributed by atoms with Gasteiger partial charge in [0.25, 0.3) is 15.5 Å². The third-order valence-corrected chi connectivity index (χ3v) is 19.6. The molecule has 0 saturated carbocycles. The van der Waals surface area contributed by atoms with Gasteiger partial charge in [-0.1, -0.05) is 99.9 Å². The Kier molecular flexibility index (Phi) is 20.8. The van der Waals surface area contributed by atoms with Crippen molar-refractivity contribution in [3.63, 3.8) is 0 Å². The van der Waals surface area contributed by atoms with Gasteiger partial charge in [-0.2, -0.15) is 0 Å². The molecule has 240 valence electrons. The number of hydrogen-bond acceptors (Lipinski definition) is 4. The van der Waals surface area contributed by atoms with E-state index in [0.29, 0.717) is 16.3 Å². The lowest BCUT2D eigenvalue weighted by Gasteiger charge is -2.07. The molecule has 4 aromatic carbocycles. The van der Waals surface area contributed by atoms with E-state index >= 15 is 0 Å². The minimum absolute atomic E-state index is 0.182. The maximum absolute atomic E-state index is 12.0. The van der Waals surface area contributed by atoms with Crippen LogP contribution in [0.2, 0.25) is 5.02 Å². The van der Waals surface area contributed by atoms with Crippen LogP contribution in [0.3, 0.4) is 0 Å². The highest BCUT2D eigenvalue weighted by atomic mass is 79.9. The van der Waals surface area contributed by atoms with Gasteiger partial charge in [0.15, 0.2) is 5.69 Å². The topological polar surface area (TPSA) is 64.8 Å². The Morgan fingerprint density at radius 2 is 1.53 bits per heavy atom. The monoisotopic (exact) mass is 893 g/mol. The largest absolute Gasteiger partial charge is 0.465 e. The van der Waals surface area contributed by atoms with Crippen LogP contribution in [0.4, 0.5) is 14.5 Å². The van der Waals surface area contributed by atoms with Crippen molar-refractivity contribution in [3.8, 4) is 11.1 Å². The molecule has 0 radical (unpaired) electrons. The minimum Gasteiger partial charge on any atom is -0.465 e. The first-order valence-electron chi connectivity index (χ1n) is 12.0. The lowest BCUT2D eigenvalue weighted by atomic mass is 10.0. The highest BCUT2D eigenvalue weighted by molar-refractivity contribution is 9.10. The summed E-state index contributed by atoms with van der Waals surface area (Å²) in [5.41, 5.74) is 2.76. The lowest BCUT2D eigenvalue weighted by molar-refractivity contribution is 0.0600. The summed E-state index contributed by atoms with van der Waals surface area (Å²) < 4.78 is 52.0. The summed E-state index contributed by atoms with van der Waals surface area (Å²) in [5.74, 6) is -0.391. The Balaban J connectivity index is 0.000000328. The van der Waals surface area contributed by atoms with E-state index in [4.69, 9.17) is 28.9 Å².